The van der Waals surface area contributed by atoms with E-state index in [1.807, 2.05) is 52.9 Å². The van der Waals surface area contributed by atoms with Crippen molar-refractivity contribution >= 4 is 12.0 Å². The van der Waals surface area contributed by atoms with Crippen LogP contribution in [0.5, 0.6) is 5.75 Å². The predicted molar refractivity (Wildman–Crippen MR) is 83.3 cm³/mol. The van der Waals surface area contributed by atoms with Crippen molar-refractivity contribution in [3.63, 3.8) is 0 Å². The predicted octanol–water partition coefficient (Wildman–Crippen LogP) is 3.27. The van der Waals surface area contributed by atoms with Gasteiger partial charge < -0.3 is 4.74 Å². The molecule has 0 saturated heterocycles. The lowest BCUT2D eigenvalue weighted by Gasteiger charge is -2.08. The van der Waals surface area contributed by atoms with E-state index in [1.165, 1.54) is 6.08 Å². The van der Waals surface area contributed by atoms with Gasteiger partial charge in [0.1, 0.15) is 5.75 Å². The van der Waals surface area contributed by atoms with Gasteiger partial charge in [-0.15, -0.1) is 0 Å². The van der Waals surface area contributed by atoms with Gasteiger partial charge >= 0.3 is 5.97 Å². The van der Waals surface area contributed by atoms with E-state index in [4.69, 9.17) is 4.74 Å². The van der Waals surface area contributed by atoms with Crippen LogP contribution in [0.1, 0.15) is 28.1 Å². The van der Waals surface area contributed by atoms with E-state index in [0.29, 0.717) is 5.75 Å². The van der Waals surface area contributed by atoms with E-state index in [1.54, 1.807) is 10.8 Å². The number of aromatic nitrogens is 2. The quantitative estimate of drug-likeness (QED) is 0.493. The third-order valence-electron chi connectivity index (χ3n) is 3.56. The first-order valence-electron chi connectivity index (χ1n) is 6.86. The minimum absolute atomic E-state index is 0.380. The third kappa shape index (κ3) is 3.21. The highest BCUT2D eigenvalue weighted by molar-refractivity contribution is 5.89. The van der Waals surface area contributed by atoms with Crippen LogP contribution in [0, 0.1) is 27.7 Å². The normalized spacial score (nSPS) is 11.1. The second kappa shape index (κ2) is 5.95. The second-order valence-electron chi connectivity index (χ2n) is 5.18. The Balaban J connectivity index is 2.17. The van der Waals surface area contributed by atoms with Crippen LogP contribution >= 0.6 is 0 Å². The molecule has 0 spiro atoms. The maximum atomic E-state index is 12.0. The molecule has 0 amide bonds. The second-order valence-corrected chi connectivity index (χ2v) is 5.18. The van der Waals surface area contributed by atoms with E-state index < -0.39 is 0 Å². The number of hydrogen-bond donors (Lipinski definition) is 0. The molecule has 4 nitrogen and oxygen atoms in total. The molecule has 0 radical (unpaired) electrons. The van der Waals surface area contributed by atoms with Gasteiger partial charge in [-0.2, -0.15) is 5.10 Å². The molecule has 1 heterocycles. The topological polar surface area (TPSA) is 44.1 Å². The monoisotopic (exact) mass is 284 g/mol. The fourth-order valence-corrected chi connectivity index (χ4v) is 2.28. The van der Waals surface area contributed by atoms with Crippen molar-refractivity contribution in [3.05, 3.63) is 52.4 Å². The Bertz CT molecular complexity index is 692. The van der Waals surface area contributed by atoms with Crippen molar-refractivity contribution in [2.45, 2.75) is 27.7 Å². The summed E-state index contributed by atoms with van der Waals surface area (Å²) in [5.41, 5.74) is 4.77. The number of aryl methyl sites for hydroxylation is 4. The van der Waals surface area contributed by atoms with Crippen LogP contribution in [0.3, 0.4) is 0 Å². The number of carbonyl (C=O) groups is 1. The molecule has 110 valence electrons. The average Bonchev–Trinajstić information content (AvgIpc) is 2.66. The summed E-state index contributed by atoms with van der Waals surface area (Å²) in [5, 5.41) is 4.31. The smallest absolute Gasteiger partial charge is 0.336 e. The highest BCUT2D eigenvalue weighted by Gasteiger charge is 2.09. The summed E-state index contributed by atoms with van der Waals surface area (Å²) in [6.07, 6.45) is 3.20. The van der Waals surface area contributed by atoms with Gasteiger partial charge in [0.05, 0.1) is 5.69 Å². The highest BCUT2D eigenvalue weighted by atomic mass is 16.5. The summed E-state index contributed by atoms with van der Waals surface area (Å²) in [6.45, 7) is 7.74. The van der Waals surface area contributed by atoms with E-state index in [-0.39, 0.29) is 5.97 Å². The zero-order valence-corrected chi connectivity index (χ0v) is 13.1. The van der Waals surface area contributed by atoms with E-state index >= 15 is 0 Å². The Kier molecular flexibility index (Phi) is 4.26. The molecule has 0 bridgehead atoms. The molecule has 0 atom stereocenters. The van der Waals surface area contributed by atoms with E-state index in [2.05, 4.69) is 5.10 Å². The molecular weight excluding hydrogens is 264 g/mol. The molecule has 1 aromatic heterocycles. The summed E-state index contributed by atoms with van der Waals surface area (Å²) in [4.78, 5) is 12.0. The zero-order valence-electron chi connectivity index (χ0n) is 13.1. The molecule has 0 N–H and O–H groups in total. The number of nitrogens with zero attached hydrogens (tertiary/aromatic N) is 2. The summed E-state index contributed by atoms with van der Waals surface area (Å²) in [7, 11) is 1.88. The summed E-state index contributed by atoms with van der Waals surface area (Å²) >= 11 is 0. The molecule has 0 aliphatic heterocycles. The molecule has 4 heteroatoms. The first-order chi connectivity index (χ1) is 9.90. The molecular formula is C17H20N2O2. The van der Waals surface area contributed by atoms with Gasteiger partial charge in [0.15, 0.2) is 0 Å². The zero-order chi connectivity index (χ0) is 15.6. The molecule has 0 unspecified atom stereocenters. The lowest BCUT2D eigenvalue weighted by atomic mass is 10.1. The minimum atomic E-state index is -0.380. The van der Waals surface area contributed by atoms with Crippen molar-refractivity contribution in [2.75, 3.05) is 0 Å². The van der Waals surface area contributed by atoms with Crippen LogP contribution in [0.4, 0.5) is 0 Å². The molecule has 2 aromatic rings. The number of esters is 1. The Labute approximate surface area is 125 Å². The molecule has 0 aliphatic rings. The van der Waals surface area contributed by atoms with E-state index in [9.17, 15) is 4.79 Å². The standard InChI is InChI=1S/C17H20N2O2/c1-11-7-6-8-12(2)17(11)21-16(20)10-9-15-13(3)18-19(5)14(15)4/h6-10H,1-5H3/b10-9+. The maximum absolute atomic E-state index is 12.0. The highest BCUT2D eigenvalue weighted by Crippen LogP contribution is 2.22. The Morgan fingerprint density at radius 1 is 1.19 bits per heavy atom. The van der Waals surface area contributed by atoms with Gasteiger partial charge in [0.2, 0.25) is 0 Å². The Morgan fingerprint density at radius 3 is 2.33 bits per heavy atom. The third-order valence-corrected chi connectivity index (χ3v) is 3.56. The molecule has 0 fully saturated rings. The number of benzene rings is 1. The van der Waals surface area contributed by atoms with Crippen molar-refractivity contribution in [1.82, 2.24) is 9.78 Å². The van der Waals surface area contributed by atoms with Gasteiger partial charge in [-0.3, -0.25) is 4.68 Å². The largest absolute Gasteiger partial charge is 0.423 e. The Morgan fingerprint density at radius 2 is 1.81 bits per heavy atom. The van der Waals surface area contributed by atoms with Crippen molar-refractivity contribution < 1.29 is 9.53 Å². The van der Waals surface area contributed by atoms with Crippen LogP contribution in [0.25, 0.3) is 6.08 Å². The molecule has 0 saturated carbocycles. The minimum Gasteiger partial charge on any atom is -0.423 e. The van der Waals surface area contributed by atoms with Crippen LogP contribution in [0.15, 0.2) is 24.3 Å². The molecule has 21 heavy (non-hydrogen) atoms. The number of hydrogen-bond acceptors (Lipinski definition) is 3. The van der Waals surface area contributed by atoms with Gasteiger partial charge in [0.25, 0.3) is 0 Å². The van der Waals surface area contributed by atoms with Gasteiger partial charge in [-0.1, -0.05) is 18.2 Å². The lowest BCUT2D eigenvalue weighted by Crippen LogP contribution is -2.06. The molecule has 0 aliphatic carbocycles. The lowest BCUT2D eigenvalue weighted by molar-refractivity contribution is -0.129. The van der Waals surface area contributed by atoms with Crippen molar-refractivity contribution in [1.29, 1.82) is 0 Å². The van der Waals surface area contributed by atoms with Gasteiger partial charge in [-0.05, 0) is 44.9 Å². The van der Waals surface area contributed by atoms with Gasteiger partial charge in [0, 0.05) is 24.4 Å². The fraction of sp³-hybridized carbons (Fsp3) is 0.294. The average molecular weight is 284 g/mol. The number of ether oxygens (including phenoxy) is 1. The Hall–Kier alpha value is -2.36. The number of para-hydroxylation sites is 1. The summed E-state index contributed by atoms with van der Waals surface area (Å²) in [5.74, 6) is 0.252. The first-order valence-corrected chi connectivity index (χ1v) is 6.86. The van der Waals surface area contributed by atoms with Crippen molar-refractivity contribution in [2.24, 2.45) is 7.05 Å². The molecule has 2 rings (SSSR count). The maximum Gasteiger partial charge on any atom is 0.336 e. The van der Waals surface area contributed by atoms with Crippen molar-refractivity contribution in [3.8, 4) is 5.75 Å². The summed E-state index contributed by atoms with van der Waals surface area (Å²) < 4.78 is 7.23. The van der Waals surface area contributed by atoms with Crippen LogP contribution in [0.2, 0.25) is 0 Å². The number of rotatable bonds is 3. The SMILES string of the molecule is Cc1cccc(C)c1OC(=O)/C=C/c1c(C)nn(C)c1C. The first kappa shape index (κ1) is 15.0. The summed E-state index contributed by atoms with van der Waals surface area (Å²) in [6, 6.07) is 5.80. The van der Waals surface area contributed by atoms with E-state index in [0.717, 1.165) is 28.1 Å². The molecule has 1 aromatic carbocycles. The van der Waals surface area contributed by atoms with Crippen LogP contribution < -0.4 is 4.74 Å². The van der Waals surface area contributed by atoms with Crippen LogP contribution in [-0.4, -0.2) is 15.7 Å². The fourth-order valence-electron chi connectivity index (χ4n) is 2.28. The van der Waals surface area contributed by atoms with Gasteiger partial charge in [-0.25, -0.2) is 4.79 Å². The van der Waals surface area contributed by atoms with Crippen LogP contribution in [-0.2, 0) is 11.8 Å². The number of carbonyl (C=O) groups excluding carboxylic acids is 1.